The van der Waals surface area contributed by atoms with Crippen molar-refractivity contribution in [1.29, 1.82) is 0 Å². The summed E-state index contributed by atoms with van der Waals surface area (Å²) in [4.78, 5) is 12.0. The molecule has 0 radical (unpaired) electrons. The molecule has 1 amide bonds. The summed E-state index contributed by atoms with van der Waals surface area (Å²) in [6.07, 6.45) is 0.349. The van der Waals surface area contributed by atoms with E-state index in [1.807, 2.05) is 52.0 Å². The molecule has 0 aromatic heterocycles. The fourth-order valence-corrected chi connectivity index (χ4v) is 2.08. The lowest BCUT2D eigenvalue weighted by Crippen LogP contribution is -2.40. The number of nitrogens with one attached hydrogen (secondary N) is 1. The first kappa shape index (κ1) is 16.2. The molecule has 0 aliphatic heterocycles. The van der Waals surface area contributed by atoms with E-state index < -0.39 is 0 Å². The summed E-state index contributed by atoms with van der Waals surface area (Å²) in [5.74, 6) is -0.00472. The van der Waals surface area contributed by atoms with E-state index in [1.165, 1.54) is 0 Å². The number of carbonyl (C=O) groups excluding carboxylic acids is 1. The Morgan fingerprint density at radius 2 is 2.05 bits per heavy atom. The van der Waals surface area contributed by atoms with Gasteiger partial charge in [-0.05, 0) is 30.0 Å². The van der Waals surface area contributed by atoms with Crippen LogP contribution in [0.2, 0.25) is 0 Å². The topological polar surface area (TPSA) is 55.1 Å². The van der Waals surface area contributed by atoms with Crippen LogP contribution >= 0.6 is 15.9 Å². The van der Waals surface area contributed by atoms with Crippen LogP contribution in [0.3, 0.4) is 0 Å². The highest BCUT2D eigenvalue weighted by atomic mass is 79.9. The fourth-order valence-electron chi connectivity index (χ4n) is 1.67. The van der Waals surface area contributed by atoms with Crippen molar-refractivity contribution in [1.82, 2.24) is 5.32 Å². The van der Waals surface area contributed by atoms with E-state index in [4.69, 9.17) is 5.73 Å². The standard InChI is InChI=1S/C15H23BrN2O/c1-10(11-6-5-7-12(16)8-11)18-14(19)9-13(17)15(2,3)4/h5-8,10,13H,9,17H2,1-4H3,(H,18,19). The predicted molar refractivity (Wildman–Crippen MR) is 82.7 cm³/mol. The summed E-state index contributed by atoms with van der Waals surface area (Å²) in [5, 5.41) is 2.99. The van der Waals surface area contributed by atoms with Crippen LogP contribution in [0.5, 0.6) is 0 Å². The van der Waals surface area contributed by atoms with Gasteiger partial charge in [0.15, 0.2) is 0 Å². The SMILES string of the molecule is CC(NC(=O)CC(N)C(C)(C)C)c1cccc(Br)c1. The second kappa shape index (κ2) is 6.53. The molecule has 0 aliphatic carbocycles. The Bertz CT molecular complexity index is 440. The van der Waals surface area contributed by atoms with Crippen molar-refractivity contribution in [3.05, 3.63) is 34.3 Å². The minimum atomic E-state index is -0.137. The first-order valence-electron chi connectivity index (χ1n) is 6.50. The largest absolute Gasteiger partial charge is 0.350 e. The van der Waals surface area contributed by atoms with Crippen molar-refractivity contribution < 1.29 is 4.79 Å². The van der Waals surface area contributed by atoms with E-state index in [-0.39, 0.29) is 23.4 Å². The van der Waals surface area contributed by atoms with Gasteiger partial charge in [-0.2, -0.15) is 0 Å². The van der Waals surface area contributed by atoms with Crippen LogP contribution in [0.1, 0.15) is 45.7 Å². The third kappa shape index (κ3) is 5.33. The van der Waals surface area contributed by atoms with Gasteiger partial charge in [-0.1, -0.05) is 48.8 Å². The Balaban J connectivity index is 2.58. The minimum Gasteiger partial charge on any atom is -0.350 e. The highest BCUT2D eigenvalue weighted by molar-refractivity contribution is 9.10. The second-order valence-electron chi connectivity index (χ2n) is 6.02. The summed E-state index contributed by atoms with van der Waals surface area (Å²) in [5.41, 5.74) is 7.04. The lowest BCUT2D eigenvalue weighted by molar-refractivity contribution is -0.122. The number of amides is 1. The number of rotatable bonds is 4. The van der Waals surface area contributed by atoms with Gasteiger partial charge in [0.1, 0.15) is 0 Å². The van der Waals surface area contributed by atoms with Gasteiger partial charge >= 0.3 is 0 Å². The summed E-state index contributed by atoms with van der Waals surface area (Å²) in [6.45, 7) is 8.11. The van der Waals surface area contributed by atoms with Gasteiger partial charge in [-0.15, -0.1) is 0 Å². The van der Waals surface area contributed by atoms with Gasteiger partial charge in [-0.25, -0.2) is 0 Å². The van der Waals surface area contributed by atoms with Crippen molar-refractivity contribution in [2.75, 3.05) is 0 Å². The zero-order valence-corrected chi connectivity index (χ0v) is 13.6. The number of halogens is 1. The third-order valence-corrected chi connectivity index (χ3v) is 3.74. The van der Waals surface area contributed by atoms with E-state index >= 15 is 0 Å². The Morgan fingerprint density at radius 3 is 2.58 bits per heavy atom. The number of hydrogen-bond acceptors (Lipinski definition) is 2. The number of carbonyl (C=O) groups is 1. The molecule has 0 bridgehead atoms. The molecule has 0 fully saturated rings. The van der Waals surface area contributed by atoms with Crippen LogP contribution in [-0.2, 0) is 4.79 Å². The molecule has 4 heteroatoms. The monoisotopic (exact) mass is 326 g/mol. The molecule has 0 spiro atoms. The number of benzene rings is 1. The molecule has 19 heavy (non-hydrogen) atoms. The first-order valence-corrected chi connectivity index (χ1v) is 7.30. The molecule has 0 heterocycles. The molecule has 0 saturated heterocycles. The summed E-state index contributed by atoms with van der Waals surface area (Å²) in [6, 6.07) is 7.78. The Labute approximate surface area is 124 Å². The highest BCUT2D eigenvalue weighted by Gasteiger charge is 2.23. The third-order valence-electron chi connectivity index (χ3n) is 3.24. The maximum atomic E-state index is 12.0. The molecule has 0 saturated carbocycles. The summed E-state index contributed by atoms with van der Waals surface area (Å²) in [7, 11) is 0. The van der Waals surface area contributed by atoms with Crippen molar-refractivity contribution in [2.24, 2.45) is 11.1 Å². The fraction of sp³-hybridized carbons (Fsp3) is 0.533. The minimum absolute atomic E-state index is 0.00472. The van der Waals surface area contributed by atoms with Gasteiger partial charge in [0.25, 0.3) is 0 Å². The number of hydrogen-bond donors (Lipinski definition) is 2. The van der Waals surface area contributed by atoms with Crippen LogP contribution in [0.15, 0.2) is 28.7 Å². The van der Waals surface area contributed by atoms with Gasteiger partial charge < -0.3 is 11.1 Å². The molecule has 3 nitrogen and oxygen atoms in total. The first-order chi connectivity index (χ1) is 8.70. The maximum absolute atomic E-state index is 12.0. The van der Waals surface area contributed by atoms with Crippen molar-refractivity contribution in [3.63, 3.8) is 0 Å². The molecule has 3 N–H and O–H groups in total. The van der Waals surface area contributed by atoms with Crippen LogP contribution in [0, 0.1) is 5.41 Å². The lowest BCUT2D eigenvalue weighted by Gasteiger charge is -2.27. The van der Waals surface area contributed by atoms with Crippen LogP contribution in [0.4, 0.5) is 0 Å². The molecule has 2 unspecified atom stereocenters. The van der Waals surface area contributed by atoms with Crippen LogP contribution in [0.25, 0.3) is 0 Å². The molecular weight excluding hydrogens is 304 g/mol. The molecule has 1 rings (SSSR count). The van der Waals surface area contributed by atoms with E-state index in [2.05, 4.69) is 21.2 Å². The lowest BCUT2D eigenvalue weighted by atomic mass is 9.85. The average Bonchev–Trinajstić information content (AvgIpc) is 2.27. The van der Waals surface area contributed by atoms with Crippen molar-refractivity contribution >= 4 is 21.8 Å². The Morgan fingerprint density at radius 1 is 1.42 bits per heavy atom. The van der Waals surface area contributed by atoms with Gasteiger partial charge in [0.05, 0.1) is 6.04 Å². The van der Waals surface area contributed by atoms with Gasteiger partial charge in [0, 0.05) is 16.9 Å². The Hall–Kier alpha value is -0.870. The highest BCUT2D eigenvalue weighted by Crippen LogP contribution is 2.21. The van der Waals surface area contributed by atoms with Crippen LogP contribution < -0.4 is 11.1 Å². The zero-order chi connectivity index (χ0) is 14.6. The quantitative estimate of drug-likeness (QED) is 0.891. The van der Waals surface area contributed by atoms with Gasteiger partial charge in [0.2, 0.25) is 5.91 Å². The van der Waals surface area contributed by atoms with E-state index in [1.54, 1.807) is 0 Å². The molecule has 1 aromatic carbocycles. The molecular formula is C15H23BrN2O. The van der Waals surface area contributed by atoms with Crippen molar-refractivity contribution in [3.8, 4) is 0 Å². The van der Waals surface area contributed by atoms with E-state index in [9.17, 15) is 4.79 Å². The summed E-state index contributed by atoms with van der Waals surface area (Å²) >= 11 is 3.43. The van der Waals surface area contributed by atoms with Crippen molar-refractivity contribution in [2.45, 2.75) is 46.2 Å². The van der Waals surface area contributed by atoms with E-state index in [0.29, 0.717) is 6.42 Å². The molecule has 0 aliphatic rings. The molecule has 1 aromatic rings. The van der Waals surface area contributed by atoms with E-state index in [0.717, 1.165) is 10.0 Å². The molecule has 2 atom stereocenters. The average molecular weight is 327 g/mol. The van der Waals surface area contributed by atoms with Crippen LogP contribution in [-0.4, -0.2) is 11.9 Å². The zero-order valence-electron chi connectivity index (χ0n) is 12.0. The maximum Gasteiger partial charge on any atom is 0.222 e. The Kier molecular flexibility index (Phi) is 5.56. The van der Waals surface area contributed by atoms with Gasteiger partial charge in [-0.3, -0.25) is 4.79 Å². The summed E-state index contributed by atoms with van der Waals surface area (Å²) < 4.78 is 1.01. The smallest absolute Gasteiger partial charge is 0.222 e. The predicted octanol–water partition coefficient (Wildman–Crippen LogP) is 3.39. The second-order valence-corrected chi connectivity index (χ2v) is 6.94. The molecule has 106 valence electrons. The normalized spacial score (nSPS) is 14.8. The number of nitrogens with two attached hydrogens (primary N) is 1.